The lowest BCUT2D eigenvalue weighted by atomic mass is 9.63. The standard InChI is InChI=1S/C22H27NO2.BrH/c24-20-8-3-6-18(15-20)22-11-4-7-19(16-22)23(14-12-22)13-10-17-5-1-2-9-21(17)25;/h1-3,5-6,8-9,15,19,24-25H,4,7,10-14,16H2;1H/t19-,22+;/m1./s1. The predicted octanol–water partition coefficient (Wildman–Crippen LogP) is 4.80. The van der Waals surface area contributed by atoms with E-state index in [9.17, 15) is 10.2 Å². The topological polar surface area (TPSA) is 43.7 Å². The quantitative estimate of drug-likeness (QED) is 0.750. The molecule has 2 N–H and O–H groups in total. The van der Waals surface area contributed by atoms with Crippen molar-refractivity contribution in [2.24, 2.45) is 0 Å². The monoisotopic (exact) mass is 417 g/mol. The van der Waals surface area contributed by atoms with Crippen LogP contribution < -0.4 is 0 Å². The summed E-state index contributed by atoms with van der Waals surface area (Å²) in [5.41, 5.74) is 2.60. The van der Waals surface area contributed by atoms with Crippen LogP contribution in [0.3, 0.4) is 0 Å². The molecule has 0 spiro atoms. The number of hydrogen-bond acceptors (Lipinski definition) is 3. The molecule has 26 heavy (non-hydrogen) atoms. The molecule has 4 rings (SSSR count). The molecule has 2 aromatic carbocycles. The van der Waals surface area contributed by atoms with Gasteiger partial charge >= 0.3 is 0 Å². The molecule has 0 unspecified atom stereocenters. The fraction of sp³-hybridized carbons (Fsp3) is 0.455. The Morgan fingerprint density at radius 2 is 1.88 bits per heavy atom. The van der Waals surface area contributed by atoms with E-state index < -0.39 is 0 Å². The number of phenolic OH excluding ortho intramolecular Hbond substituents is 2. The van der Waals surface area contributed by atoms with Crippen LogP contribution >= 0.6 is 17.0 Å². The number of likely N-dealkylation sites (tertiary alicyclic amines) is 1. The van der Waals surface area contributed by atoms with Crippen molar-refractivity contribution in [1.29, 1.82) is 0 Å². The molecule has 1 aliphatic carbocycles. The molecule has 0 radical (unpaired) electrons. The number of nitrogens with zero attached hydrogens (tertiary/aromatic N) is 1. The highest BCUT2D eigenvalue weighted by Crippen LogP contribution is 2.47. The van der Waals surface area contributed by atoms with Gasteiger partial charge in [-0.2, -0.15) is 0 Å². The summed E-state index contributed by atoms with van der Waals surface area (Å²) >= 11 is 0. The average molecular weight is 418 g/mol. The number of benzene rings is 2. The first-order chi connectivity index (χ1) is 12.2. The first kappa shape index (κ1) is 19.2. The number of rotatable bonds is 4. The number of piperidine rings is 1. The van der Waals surface area contributed by atoms with Gasteiger partial charge < -0.3 is 10.2 Å². The molecule has 1 saturated carbocycles. The van der Waals surface area contributed by atoms with Gasteiger partial charge in [0, 0.05) is 12.6 Å². The highest BCUT2D eigenvalue weighted by molar-refractivity contribution is 8.93. The van der Waals surface area contributed by atoms with Crippen LogP contribution in [0.1, 0.15) is 43.2 Å². The van der Waals surface area contributed by atoms with Gasteiger partial charge in [0.1, 0.15) is 11.5 Å². The van der Waals surface area contributed by atoms with Crippen LogP contribution in [0.25, 0.3) is 0 Å². The molecule has 3 nitrogen and oxygen atoms in total. The third kappa shape index (κ3) is 3.77. The lowest BCUT2D eigenvalue weighted by molar-refractivity contribution is 0.0523. The van der Waals surface area contributed by atoms with E-state index in [0.717, 1.165) is 31.5 Å². The maximum Gasteiger partial charge on any atom is 0.118 e. The fourth-order valence-corrected chi connectivity index (χ4v) is 4.93. The minimum atomic E-state index is 0. The number of hydrogen-bond donors (Lipinski definition) is 2. The minimum absolute atomic E-state index is 0. The molecular weight excluding hydrogens is 390 g/mol. The van der Waals surface area contributed by atoms with Crippen molar-refractivity contribution in [1.82, 2.24) is 4.90 Å². The van der Waals surface area contributed by atoms with Gasteiger partial charge in [-0.15, -0.1) is 17.0 Å². The van der Waals surface area contributed by atoms with E-state index in [1.165, 1.54) is 31.2 Å². The summed E-state index contributed by atoms with van der Waals surface area (Å²) in [5.74, 6) is 0.799. The van der Waals surface area contributed by atoms with Gasteiger partial charge in [-0.1, -0.05) is 36.8 Å². The van der Waals surface area contributed by atoms with Gasteiger partial charge in [0.05, 0.1) is 0 Å². The largest absolute Gasteiger partial charge is 0.508 e. The highest BCUT2D eigenvalue weighted by atomic mass is 79.9. The van der Waals surface area contributed by atoms with E-state index in [1.807, 2.05) is 30.3 Å². The Balaban J connectivity index is 0.00000196. The van der Waals surface area contributed by atoms with E-state index >= 15 is 0 Å². The molecule has 4 heteroatoms. The maximum atomic E-state index is 9.99. The smallest absolute Gasteiger partial charge is 0.118 e. The Kier molecular flexibility index (Phi) is 5.93. The van der Waals surface area contributed by atoms with Gasteiger partial charge in [-0.05, 0) is 73.4 Å². The molecule has 0 aromatic heterocycles. The second-order valence-corrected chi connectivity index (χ2v) is 7.75. The summed E-state index contributed by atoms with van der Waals surface area (Å²) in [7, 11) is 0. The van der Waals surface area contributed by atoms with Crippen molar-refractivity contribution in [3.05, 3.63) is 59.7 Å². The molecule has 2 fully saturated rings. The maximum absolute atomic E-state index is 9.99. The Morgan fingerprint density at radius 1 is 1.04 bits per heavy atom. The fourth-order valence-electron chi connectivity index (χ4n) is 4.93. The van der Waals surface area contributed by atoms with Crippen molar-refractivity contribution in [2.75, 3.05) is 13.1 Å². The number of halogens is 1. The summed E-state index contributed by atoms with van der Waals surface area (Å²) in [6.45, 7) is 2.12. The SMILES string of the molecule is Br.Oc1cccc([C@]23CCC[C@H](C2)N(CCc2ccccc2O)CC3)c1. The van der Waals surface area contributed by atoms with Gasteiger partial charge in [0.25, 0.3) is 0 Å². The van der Waals surface area contributed by atoms with Gasteiger partial charge in [-0.25, -0.2) is 0 Å². The summed E-state index contributed by atoms with van der Waals surface area (Å²) < 4.78 is 0. The van der Waals surface area contributed by atoms with Crippen molar-refractivity contribution in [3.63, 3.8) is 0 Å². The molecule has 140 valence electrons. The molecule has 0 amide bonds. The summed E-state index contributed by atoms with van der Waals surface area (Å²) in [5, 5.41) is 19.9. The van der Waals surface area contributed by atoms with Crippen molar-refractivity contribution >= 4 is 17.0 Å². The zero-order valence-electron chi connectivity index (χ0n) is 15.1. The minimum Gasteiger partial charge on any atom is -0.508 e. The van der Waals surface area contributed by atoms with Crippen molar-refractivity contribution < 1.29 is 10.2 Å². The molecule has 1 heterocycles. The number of aromatic hydroxyl groups is 2. The first-order valence-corrected chi connectivity index (χ1v) is 9.47. The van der Waals surface area contributed by atoms with E-state index in [4.69, 9.17) is 0 Å². The molecule has 2 aromatic rings. The van der Waals surface area contributed by atoms with Gasteiger partial charge in [0.15, 0.2) is 0 Å². The second kappa shape index (κ2) is 8.01. The lowest BCUT2D eigenvalue weighted by Gasteiger charge is -2.51. The normalized spacial score (nSPS) is 25.5. The van der Waals surface area contributed by atoms with E-state index in [0.29, 0.717) is 17.5 Å². The van der Waals surface area contributed by atoms with Crippen molar-refractivity contribution in [3.8, 4) is 11.5 Å². The molecule has 2 aliphatic rings. The summed E-state index contributed by atoms with van der Waals surface area (Å²) in [6.07, 6.45) is 7.02. The van der Waals surface area contributed by atoms with Crippen LogP contribution in [-0.2, 0) is 11.8 Å². The average Bonchev–Trinajstić information content (AvgIpc) is 2.63. The first-order valence-electron chi connectivity index (χ1n) is 9.47. The molecule has 1 aliphatic heterocycles. The number of fused-ring (bicyclic) bond motifs is 2. The predicted molar refractivity (Wildman–Crippen MR) is 110 cm³/mol. The molecule has 2 bridgehead atoms. The molecule has 1 saturated heterocycles. The van der Waals surface area contributed by atoms with Crippen LogP contribution in [0, 0.1) is 0 Å². The van der Waals surface area contributed by atoms with E-state index in [-0.39, 0.29) is 22.4 Å². The third-order valence-electron chi connectivity index (χ3n) is 6.33. The van der Waals surface area contributed by atoms with E-state index in [2.05, 4.69) is 11.0 Å². The van der Waals surface area contributed by atoms with Gasteiger partial charge in [-0.3, -0.25) is 4.90 Å². The van der Waals surface area contributed by atoms with Crippen LogP contribution in [0.5, 0.6) is 11.5 Å². The number of phenols is 2. The Hall–Kier alpha value is -1.52. The summed E-state index contributed by atoms with van der Waals surface area (Å²) in [6, 6.07) is 16.2. The Morgan fingerprint density at radius 3 is 2.69 bits per heavy atom. The van der Waals surface area contributed by atoms with Crippen LogP contribution in [0.2, 0.25) is 0 Å². The Labute approximate surface area is 166 Å². The highest BCUT2D eigenvalue weighted by Gasteiger charge is 2.43. The van der Waals surface area contributed by atoms with Crippen LogP contribution in [0.15, 0.2) is 48.5 Å². The van der Waals surface area contributed by atoms with Gasteiger partial charge in [0.2, 0.25) is 0 Å². The molecule has 2 atom stereocenters. The zero-order valence-corrected chi connectivity index (χ0v) is 16.8. The van der Waals surface area contributed by atoms with Crippen molar-refractivity contribution in [2.45, 2.75) is 50.0 Å². The summed E-state index contributed by atoms with van der Waals surface area (Å²) in [4.78, 5) is 2.62. The third-order valence-corrected chi connectivity index (χ3v) is 6.33. The lowest BCUT2D eigenvalue weighted by Crippen LogP contribution is -2.52. The van der Waals surface area contributed by atoms with Crippen LogP contribution in [-0.4, -0.2) is 34.2 Å². The van der Waals surface area contributed by atoms with Crippen LogP contribution in [0.4, 0.5) is 0 Å². The van der Waals surface area contributed by atoms with E-state index in [1.54, 1.807) is 12.1 Å². The Bertz CT molecular complexity index is 750. The zero-order chi connectivity index (χ0) is 17.3. The molecular formula is C22H28BrNO2. The number of para-hydroxylation sites is 1. The second-order valence-electron chi connectivity index (χ2n) is 7.75.